The second kappa shape index (κ2) is 5.50. The van der Waals surface area contributed by atoms with Gasteiger partial charge >= 0.3 is 0 Å². The molecule has 0 N–H and O–H groups in total. The summed E-state index contributed by atoms with van der Waals surface area (Å²) in [6.07, 6.45) is 4.07. The molecule has 0 aliphatic carbocycles. The van der Waals surface area contributed by atoms with Gasteiger partial charge in [0.1, 0.15) is 13.2 Å². The summed E-state index contributed by atoms with van der Waals surface area (Å²) in [6.45, 7) is 1.75. The van der Waals surface area contributed by atoms with Crippen LogP contribution in [0.3, 0.4) is 0 Å². The van der Waals surface area contributed by atoms with Crippen molar-refractivity contribution < 1.29 is 17.9 Å². The standard InChI is InChI=1S/C14H16N4O4S/c19-23(20,12-1-2-13-14(9-12)22-8-7-21-13)17-5-3-11(10-17)18-6-4-15-16-18/h1-2,4,6,9,11H,3,5,7-8,10H2/t11-/m0/s1. The number of rotatable bonds is 3. The van der Waals surface area contributed by atoms with Crippen molar-refractivity contribution in [1.82, 2.24) is 19.3 Å². The molecule has 8 nitrogen and oxygen atoms in total. The van der Waals surface area contributed by atoms with E-state index in [0.29, 0.717) is 44.2 Å². The van der Waals surface area contributed by atoms with Crippen molar-refractivity contribution in [3.05, 3.63) is 30.6 Å². The molecule has 23 heavy (non-hydrogen) atoms. The molecule has 1 saturated heterocycles. The van der Waals surface area contributed by atoms with Crippen LogP contribution in [0.5, 0.6) is 11.5 Å². The average molecular weight is 336 g/mol. The van der Waals surface area contributed by atoms with Crippen LogP contribution in [0, 0.1) is 0 Å². The monoisotopic (exact) mass is 336 g/mol. The van der Waals surface area contributed by atoms with Gasteiger partial charge in [0.25, 0.3) is 0 Å². The molecule has 9 heteroatoms. The van der Waals surface area contributed by atoms with Crippen molar-refractivity contribution in [3.63, 3.8) is 0 Å². The van der Waals surface area contributed by atoms with Gasteiger partial charge in [0.05, 0.1) is 17.1 Å². The lowest BCUT2D eigenvalue weighted by molar-refractivity contribution is 0.171. The van der Waals surface area contributed by atoms with Crippen molar-refractivity contribution in [3.8, 4) is 11.5 Å². The van der Waals surface area contributed by atoms with E-state index in [4.69, 9.17) is 9.47 Å². The van der Waals surface area contributed by atoms with Crippen molar-refractivity contribution in [2.45, 2.75) is 17.4 Å². The lowest BCUT2D eigenvalue weighted by Gasteiger charge is -2.21. The van der Waals surface area contributed by atoms with E-state index in [0.717, 1.165) is 0 Å². The Kier molecular flexibility index (Phi) is 3.46. The highest BCUT2D eigenvalue weighted by molar-refractivity contribution is 7.89. The molecule has 1 aromatic carbocycles. The number of hydrogen-bond acceptors (Lipinski definition) is 6. The van der Waals surface area contributed by atoms with Gasteiger partial charge in [0.15, 0.2) is 11.5 Å². The van der Waals surface area contributed by atoms with Crippen LogP contribution in [0.15, 0.2) is 35.5 Å². The molecule has 2 aliphatic heterocycles. The maximum atomic E-state index is 12.8. The predicted octanol–water partition coefficient (Wildman–Crippen LogP) is 0.685. The Bertz CT molecular complexity index is 806. The zero-order valence-electron chi connectivity index (χ0n) is 12.3. The van der Waals surface area contributed by atoms with Crippen LogP contribution >= 0.6 is 0 Å². The van der Waals surface area contributed by atoms with Crippen LogP contribution in [-0.4, -0.2) is 54.0 Å². The molecule has 1 atom stereocenters. The summed E-state index contributed by atoms with van der Waals surface area (Å²) >= 11 is 0. The Hall–Kier alpha value is -2.13. The quantitative estimate of drug-likeness (QED) is 0.819. The Morgan fingerprint density at radius 3 is 2.78 bits per heavy atom. The van der Waals surface area contributed by atoms with Crippen molar-refractivity contribution in [2.24, 2.45) is 0 Å². The summed E-state index contributed by atoms with van der Waals surface area (Å²) in [5, 5.41) is 7.73. The first-order chi connectivity index (χ1) is 11.1. The van der Waals surface area contributed by atoms with Gasteiger partial charge in [-0.2, -0.15) is 4.31 Å². The summed E-state index contributed by atoms with van der Waals surface area (Å²) < 4.78 is 39.7. The second-order valence-corrected chi connectivity index (χ2v) is 7.43. The van der Waals surface area contributed by atoms with Crippen LogP contribution in [0.25, 0.3) is 0 Å². The first-order valence-corrected chi connectivity index (χ1v) is 8.84. The van der Waals surface area contributed by atoms with E-state index >= 15 is 0 Å². The first kappa shape index (κ1) is 14.5. The summed E-state index contributed by atoms with van der Waals surface area (Å²) in [5.74, 6) is 1.06. The van der Waals surface area contributed by atoms with Gasteiger partial charge in [0, 0.05) is 25.4 Å². The topological polar surface area (TPSA) is 86.6 Å². The van der Waals surface area contributed by atoms with E-state index in [9.17, 15) is 8.42 Å². The first-order valence-electron chi connectivity index (χ1n) is 7.40. The van der Waals surface area contributed by atoms with Crippen LogP contribution in [-0.2, 0) is 10.0 Å². The zero-order chi connectivity index (χ0) is 15.9. The maximum absolute atomic E-state index is 12.8. The van der Waals surface area contributed by atoms with E-state index in [1.165, 1.54) is 10.4 Å². The number of aromatic nitrogens is 3. The number of sulfonamides is 1. The fourth-order valence-corrected chi connectivity index (χ4v) is 4.40. The van der Waals surface area contributed by atoms with Gasteiger partial charge in [-0.1, -0.05) is 5.21 Å². The highest BCUT2D eigenvalue weighted by Crippen LogP contribution is 2.34. The van der Waals surface area contributed by atoms with Crippen molar-refractivity contribution in [1.29, 1.82) is 0 Å². The zero-order valence-corrected chi connectivity index (χ0v) is 13.1. The molecule has 0 spiro atoms. The third kappa shape index (κ3) is 2.55. The minimum absolute atomic E-state index is 0.0180. The smallest absolute Gasteiger partial charge is 0.243 e. The third-order valence-corrected chi connectivity index (χ3v) is 5.95. The third-order valence-electron chi connectivity index (χ3n) is 4.09. The molecule has 0 saturated carbocycles. The number of ether oxygens (including phenoxy) is 2. The molecule has 0 bridgehead atoms. The number of hydrogen-bond donors (Lipinski definition) is 0. The number of benzene rings is 1. The van der Waals surface area contributed by atoms with Gasteiger partial charge in [-0.3, -0.25) is 0 Å². The molecule has 122 valence electrons. The highest BCUT2D eigenvalue weighted by atomic mass is 32.2. The molecular formula is C14H16N4O4S. The predicted molar refractivity (Wildman–Crippen MR) is 79.9 cm³/mol. The average Bonchev–Trinajstić information content (AvgIpc) is 3.25. The minimum Gasteiger partial charge on any atom is -0.486 e. The lowest BCUT2D eigenvalue weighted by Crippen LogP contribution is -2.29. The molecular weight excluding hydrogens is 320 g/mol. The van der Waals surface area contributed by atoms with Gasteiger partial charge in [-0.25, -0.2) is 13.1 Å². The number of fused-ring (bicyclic) bond motifs is 1. The largest absolute Gasteiger partial charge is 0.486 e. The molecule has 3 heterocycles. The Balaban J connectivity index is 1.58. The van der Waals surface area contributed by atoms with Crippen LogP contribution in [0.1, 0.15) is 12.5 Å². The van der Waals surface area contributed by atoms with E-state index in [1.807, 2.05) is 0 Å². The van der Waals surface area contributed by atoms with E-state index in [1.54, 1.807) is 29.2 Å². The van der Waals surface area contributed by atoms with E-state index in [-0.39, 0.29) is 10.9 Å². The summed E-state index contributed by atoms with van der Waals surface area (Å²) in [7, 11) is -3.56. The fourth-order valence-electron chi connectivity index (χ4n) is 2.89. The minimum atomic E-state index is -3.56. The molecule has 1 aromatic heterocycles. The summed E-state index contributed by atoms with van der Waals surface area (Å²) in [4.78, 5) is 0.223. The molecule has 0 radical (unpaired) electrons. The SMILES string of the molecule is O=S(=O)(c1ccc2c(c1)OCCO2)N1CC[C@H](n2ccnn2)C1. The summed E-state index contributed by atoms with van der Waals surface area (Å²) in [5.41, 5.74) is 0. The van der Waals surface area contributed by atoms with E-state index in [2.05, 4.69) is 10.3 Å². The van der Waals surface area contributed by atoms with Gasteiger partial charge in [0.2, 0.25) is 10.0 Å². The molecule has 2 aliphatic rings. The number of nitrogens with zero attached hydrogens (tertiary/aromatic N) is 4. The molecule has 4 rings (SSSR count). The van der Waals surface area contributed by atoms with Crippen molar-refractivity contribution in [2.75, 3.05) is 26.3 Å². The molecule has 0 unspecified atom stereocenters. The Morgan fingerprint density at radius 1 is 1.17 bits per heavy atom. The molecule has 0 amide bonds. The summed E-state index contributed by atoms with van der Waals surface area (Å²) in [6, 6.07) is 4.76. The fraction of sp³-hybridized carbons (Fsp3) is 0.429. The molecule has 2 aromatic rings. The van der Waals surface area contributed by atoms with Gasteiger partial charge in [-0.05, 0) is 18.6 Å². The maximum Gasteiger partial charge on any atom is 0.243 e. The normalized spacial score (nSPS) is 21.5. The van der Waals surface area contributed by atoms with Gasteiger partial charge in [-0.15, -0.1) is 5.10 Å². The second-order valence-electron chi connectivity index (χ2n) is 5.49. The lowest BCUT2D eigenvalue weighted by atomic mass is 10.3. The van der Waals surface area contributed by atoms with Crippen LogP contribution < -0.4 is 9.47 Å². The van der Waals surface area contributed by atoms with Crippen molar-refractivity contribution >= 4 is 10.0 Å². The van der Waals surface area contributed by atoms with E-state index < -0.39 is 10.0 Å². The highest BCUT2D eigenvalue weighted by Gasteiger charge is 2.34. The Labute approximate surface area is 133 Å². The van der Waals surface area contributed by atoms with Gasteiger partial charge < -0.3 is 9.47 Å². The van der Waals surface area contributed by atoms with Crippen LogP contribution in [0.2, 0.25) is 0 Å². The molecule has 1 fully saturated rings. The van der Waals surface area contributed by atoms with Crippen LogP contribution in [0.4, 0.5) is 0 Å². The Morgan fingerprint density at radius 2 is 2.00 bits per heavy atom.